The van der Waals surface area contributed by atoms with Crippen molar-refractivity contribution in [1.82, 2.24) is 15.2 Å². The number of rotatable bonds is 11. The first-order valence-corrected chi connectivity index (χ1v) is 9.15. The van der Waals surface area contributed by atoms with Crippen molar-refractivity contribution in [2.45, 2.75) is 26.5 Å². The lowest BCUT2D eigenvalue weighted by Gasteiger charge is -2.11. The average Bonchev–Trinajstić information content (AvgIpc) is 3.18. The molecule has 0 saturated heterocycles. The molecule has 6 nitrogen and oxygen atoms in total. The van der Waals surface area contributed by atoms with Gasteiger partial charge in [0.1, 0.15) is 5.75 Å². The largest absolute Gasteiger partial charge is 0.497 e. The molecule has 1 aromatic carbocycles. The molecule has 0 aliphatic rings. The van der Waals surface area contributed by atoms with Gasteiger partial charge in [-0.2, -0.15) is 0 Å². The Hall–Kier alpha value is -2.47. The van der Waals surface area contributed by atoms with Crippen molar-refractivity contribution in [2.75, 3.05) is 33.4 Å². The fourth-order valence-corrected chi connectivity index (χ4v) is 2.43. The zero-order valence-corrected chi connectivity index (χ0v) is 15.8. The molecule has 0 atom stereocenters. The third kappa shape index (κ3) is 7.61. The van der Waals surface area contributed by atoms with Crippen LogP contribution in [0.3, 0.4) is 0 Å². The maximum absolute atomic E-state index is 5.71. The number of hydrogen-bond donors (Lipinski definition) is 2. The van der Waals surface area contributed by atoms with Crippen molar-refractivity contribution >= 4 is 5.96 Å². The summed E-state index contributed by atoms with van der Waals surface area (Å²) >= 11 is 0. The standard InChI is InChI=1S/C20H30N4O2/c1-3-21-20(23-12-15-24-13-4-5-14-24)22-11-6-16-26-17-18-7-9-19(25-2)10-8-18/h4-5,7-10,13-14H,3,6,11-12,15-17H2,1-2H3,(H2,21,22,23). The molecule has 6 heteroatoms. The van der Waals surface area contributed by atoms with Gasteiger partial charge in [-0.1, -0.05) is 12.1 Å². The van der Waals surface area contributed by atoms with Gasteiger partial charge in [0.2, 0.25) is 0 Å². The van der Waals surface area contributed by atoms with E-state index in [9.17, 15) is 0 Å². The number of benzene rings is 1. The van der Waals surface area contributed by atoms with Crippen LogP contribution in [-0.4, -0.2) is 43.9 Å². The minimum Gasteiger partial charge on any atom is -0.497 e. The maximum atomic E-state index is 5.71. The lowest BCUT2D eigenvalue weighted by Crippen LogP contribution is -2.38. The van der Waals surface area contributed by atoms with Gasteiger partial charge in [0, 0.05) is 45.2 Å². The maximum Gasteiger partial charge on any atom is 0.191 e. The van der Waals surface area contributed by atoms with Crippen molar-refractivity contribution in [3.05, 3.63) is 54.4 Å². The number of ether oxygens (including phenoxy) is 2. The van der Waals surface area contributed by atoms with Gasteiger partial charge in [-0.05, 0) is 43.2 Å². The quantitative estimate of drug-likeness (QED) is 0.368. The van der Waals surface area contributed by atoms with Crippen LogP contribution in [0.5, 0.6) is 5.75 Å². The first kappa shape index (κ1) is 19.8. The molecule has 1 heterocycles. The summed E-state index contributed by atoms with van der Waals surface area (Å²) in [7, 11) is 1.67. The smallest absolute Gasteiger partial charge is 0.191 e. The average molecular weight is 358 g/mol. The summed E-state index contributed by atoms with van der Waals surface area (Å²) in [6.45, 7) is 6.73. The summed E-state index contributed by atoms with van der Waals surface area (Å²) in [4.78, 5) is 4.59. The molecule has 0 unspecified atom stereocenters. The van der Waals surface area contributed by atoms with E-state index in [1.807, 2.05) is 36.4 Å². The van der Waals surface area contributed by atoms with Crippen LogP contribution < -0.4 is 15.4 Å². The van der Waals surface area contributed by atoms with E-state index in [0.717, 1.165) is 49.9 Å². The molecule has 142 valence electrons. The van der Waals surface area contributed by atoms with Crippen molar-refractivity contribution in [2.24, 2.45) is 4.99 Å². The number of nitrogens with one attached hydrogen (secondary N) is 2. The summed E-state index contributed by atoms with van der Waals surface area (Å²) in [5.74, 6) is 1.72. The van der Waals surface area contributed by atoms with E-state index >= 15 is 0 Å². The van der Waals surface area contributed by atoms with Crippen molar-refractivity contribution in [3.8, 4) is 5.75 Å². The molecule has 0 aliphatic carbocycles. The number of guanidine groups is 1. The molecule has 0 radical (unpaired) electrons. The Kier molecular flexibility index (Phi) is 9.14. The first-order chi connectivity index (χ1) is 12.8. The normalized spacial score (nSPS) is 11.4. The Morgan fingerprint density at radius 3 is 2.58 bits per heavy atom. The van der Waals surface area contributed by atoms with Crippen LogP contribution in [0.25, 0.3) is 0 Å². The molecule has 0 fully saturated rings. The highest BCUT2D eigenvalue weighted by Gasteiger charge is 1.98. The molecule has 2 rings (SSSR count). The van der Waals surface area contributed by atoms with Crippen LogP contribution in [0.4, 0.5) is 0 Å². The molecule has 0 amide bonds. The zero-order valence-electron chi connectivity index (χ0n) is 15.8. The van der Waals surface area contributed by atoms with E-state index in [1.54, 1.807) is 7.11 Å². The predicted molar refractivity (Wildman–Crippen MR) is 106 cm³/mol. The van der Waals surface area contributed by atoms with Gasteiger partial charge in [-0.3, -0.25) is 4.99 Å². The lowest BCUT2D eigenvalue weighted by atomic mass is 10.2. The van der Waals surface area contributed by atoms with E-state index in [1.165, 1.54) is 0 Å². The van der Waals surface area contributed by atoms with Crippen molar-refractivity contribution < 1.29 is 9.47 Å². The van der Waals surface area contributed by atoms with Crippen LogP contribution in [0, 0.1) is 0 Å². The number of aromatic nitrogens is 1. The van der Waals surface area contributed by atoms with Crippen molar-refractivity contribution in [1.29, 1.82) is 0 Å². The van der Waals surface area contributed by atoms with Crippen molar-refractivity contribution in [3.63, 3.8) is 0 Å². The molecule has 0 bridgehead atoms. The predicted octanol–water partition coefficient (Wildman–Crippen LogP) is 2.66. The second kappa shape index (κ2) is 12.0. The van der Waals surface area contributed by atoms with Gasteiger partial charge in [0.15, 0.2) is 5.96 Å². The fraction of sp³-hybridized carbons (Fsp3) is 0.450. The molecule has 2 N–H and O–H groups in total. The van der Waals surface area contributed by atoms with Crippen LogP contribution in [0.1, 0.15) is 18.9 Å². The van der Waals surface area contributed by atoms with Crippen LogP contribution in [-0.2, 0) is 17.9 Å². The van der Waals surface area contributed by atoms with E-state index < -0.39 is 0 Å². The Morgan fingerprint density at radius 1 is 1.12 bits per heavy atom. The Balaban J connectivity index is 1.60. The second-order valence-electron chi connectivity index (χ2n) is 5.86. The highest BCUT2D eigenvalue weighted by molar-refractivity contribution is 5.79. The number of aliphatic imine (C=N–C) groups is 1. The molecular weight excluding hydrogens is 328 g/mol. The molecule has 2 aromatic rings. The first-order valence-electron chi connectivity index (χ1n) is 9.15. The number of nitrogens with zero attached hydrogens (tertiary/aromatic N) is 2. The molecule has 26 heavy (non-hydrogen) atoms. The van der Waals surface area contributed by atoms with Gasteiger partial charge in [0.05, 0.1) is 13.7 Å². The molecule has 0 aliphatic heterocycles. The van der Waals surface area contributed by atoms with Crippen LogP contribution in [0.2, 0.25) is 0 Å². The Bertz CT molecular complexity index is 624. The Labute approximate surface area is 156 Å². The molecular formula is C20H30N4O2. The zero-order chi connectivity index (χ0) is 18.5. The van der Waals surface area contributed by atoms with E-state index in [0.29, 0.717) is 13.2 Å². The summed E-state index contributed by atoms with van der Waals surface area (Å²) in [5.41, 5.74) is 1.15. The third-order valence-electron chi connectivity index (χ3n) is 3.82. The number of hydrogen-bond acceptors (Lipinski definition) is 3. The topological polar surface area (TPSA) is 59.8 Å². The van der Waals surface area contributed by atoms with Gasteiger partial charge >= 0.3 is 0 Å². The minimum atomic E-state index is 0.614. The van der Waals surface area contributed by atoms with Gasteiger partial charge in [-0.25, -0.2) is 0 Å². The molecule has 0 spiro atoms. The SMILES string of the molecule is CCNC(=NCCCOCc1ccc(OC)cc1)NCCn1cccc1. The van der Waals surface area contributed by atoms with Crippen LogP contribution in [0.15, 0.2) is 53.8 Å². The van der Waals surface area contributed by atoms with Crippen LogP contribution >= 0.6 is 0 Å². The molecule has 0 saturated carbocycles. The monoisotopic (exact) mass is 358 g/mol. The van der Waals surface area contributed by atoms with Gasteiger partial charge in [-0.15, -0.1) is 0 Å². The Morgan fingerprint density at radius 2 is 1.88 bits per heavy atom. The summed E-state index contributed by atoms with van der Waals surface area (Å²) in [6, 6.07) is 12.0. The molecule has 1 aromatic heterocycles. The fourth-order valence-electron chi connectivity index (χ4n) is 2.43. The summed E-state index contributed by atoms with van der Waals surface area (Å²) in [6.07, 6.45) is 5.02. The summed E-state index contributed by atoms with van der Waals surface area (Å²) < 4.78 is 13.0. The van der Waals surface area contributed by atoms with E-state index in [-0.39, 0.29) is 0 Å². The van der Waals surface area contributed by atoms with Gasteiger partial charge < -0.3 is 24.7 Å². The van der Waals surface area contributed by atoms with Gasteiger partial charge in [0.25, 0.3) is 0 Å². The lowest BCUT2D eigenvalue weighted by molar-refractivity contribution is 0.120. The van der Waals surface area contributed by atoms with E-state index in [4.69, 9.17) is 9.47 Å². The third-order valence-corrected chi connectivity index (χ3v) is 3.82. The summed E-state index contributed by atoms with van der Waals surface area (Å²) in [5, 5.41) is 6.62. The minimum absolute atomic E-state index is 0.614. The van der Waals surface area contributed by atoms with E-state index in [2.05, 4.69) is 39.5 Å². The number of methoxy groups -OCH3 is 1. The highest BCUT2D eigenvalue weighted by atomic mass is 16.5. The second-order valence-corrected chi connectivity index (χ2v) is 5.86. The highest BCUT2D eigenvalue weighted by Crippen LogP contribution is 2.11.